The first-order chi connectivity index (χ1) is 8.79. The highest BCUT2D eigenvalue weighted by atomic mass is 32.2. The SMILES string of the molecule is CC(CC1CC1C(=O)O)c1ccc(S(C)(=O)=O)cc1. The highest BCUT2D eigenvalue weighted by Crippen LogP contribution is 2.45. The summed E-state index contributed by atoms with van der Waals surface area (Å²) in [7, 11) is -3.15. The van der Waals surface area contributed by atoms with Gasteiger partial charge in [-0.2, -0.15) is 0 Å². The van der Waals surface area contributed by atoms with E-state index >= 15 is 0 Å². The highest BCUT2D eigenvalue weighted by molar-refractivity contribution is 7.90. The zero-order valence-electron chi connectivity index (χ0n) is 11.0. The Morgan fingerprint density at radius 1 is 1.37 bits per heavy atom. The summed E-state index contributed by atoms with van der Waals surface area (Å²) in [6.45, 7) is 2.05. The number of aliphatic carboxylic acids is 1. The maximum atomic E-state index is 11.4. The number of carboxylic acid groups (broad SMARTS) is 1. The zero-order valence-corrected chi connectivity index (χ0v) is 11.9. The lowest BCUT2D eigenvalue weighted by Crippen LogP contribution is -2.03. The van der Waals surface area contributed by atoms with Gasteiger partial charge in [0, 0.05) is 6.26 Å². The summed E-state index contributed by atoms with van der Waals surface area (Å²) in [5.41, 5.74) is 1.06. The Balaban J connectivity index is 2.01. The van der Waals surface area contributed by atoms with Crippen LogP contribution in [0.2, 0.25) is 0 Å². The van der Waals surface area contributed by atoms with E-state index in [4.69, 9.17) is 5.11 Å². The molecule has 1 aliphatic rings. The number of rotatable bonds is 5. The second kappa shape index (κ2) is 4.96. The zero-order chi connectivity index (χ0) is 14.2. The molecule has 1 aromatic rings. The Hall–Kier alpha value is -1.36. The van der Waals surface area contributed by atoms with E-state index in [-0.39, 0.29) is 17.8 Å². The van der Waals surface area contributed by atoms with Gasteiger partial charge in [-0.05, 0) is 42.4 Å². The molecule has 5 heteroatoms. The molecule has 0 heterocycles. The van der Waals surface area contributed by atoms with Gasteiger partial charge in [-0.25, -0.2) is 8.42 Å². The second-order valence-corrected chi connectivity index (χ2v) is 7.43. The minimum atomic E-state index is -3.15. The normalized spacial score (nSPS) is 23.9. The van der Waals surface area contributed by atoms with Crippen molar-refractivity contribution in [1.29, 1.82) is 0 Å². The molecule has 0 saturated heterocycles. The minimum absolute atomic E-state index is 0.183. The summed E-state index contributed by atoms with van der Waals surface area (Å²) in [5, 5.41) is 8.87. The Morgan fingerprint density at radius 2 is 1.95 bits per heavy atom. The van der Waals surface area contributed by atoms with Crippen LogP contribution in [0.3, 0.4) is 0 Å². The third kappa shape index (κ3) is 3.35. The van der Waals surface area contributed by atoms with E-state index in [1.807, 2.05) is 19.1 Å². The van der Waals surface area contributed by atoms with Crippen molar-refractivity contribution in [3.05, 3.63) is 29.8 Å². The van der Waals surface area contributed by atoms with Crippen LogP contribution < -0.4 is 0 Å². The van der Waals surface area contributed by atoms with Gasteiger partial charge in [-0.15, -0.1) is 0 Å². The van der Waals surface area contributed by atoms with Gasteiger partial charge in [0.2, 0.25) is 0 Å². The van der Waals surface area contributed by atoms with Gasteiger partial charge in [0.05, 0.1) is 10.8 Å². The van der Waals surface area contributed by atoms with Crippen molar-refractivity contribution in [2.45, 2.75) is 30.6 Å². The standard InChI is InChI=1S/C14H18O4S/c1-9(7-11-8-13(11)14(15)16)10-3-5-12(6-4-10)19(2,17)18/h3-6,9,11,13H,7-8H2,1-2H3,(H,15,16). The molecule has 1 aromatic carbocycles. The van der Waals surface area contributed by atoms with Gasteiger partial charge < -0.3 is 5.11 Å². The summed E-state index contributed by atoms with van der Waals surface area (Å²) in [5.74, 6) is -0.368. The van der Waals surface area contributed by atoms with E-state index in [2.05, 4.69) is 0 Å². The first kappa shape index (κ1) is 14.1. The van der Waals surface area contributed by atoms with E-state index in [1.165, 1.54) is 6.26 Å². The van der Waals surface area contributed by atoms with E-state index < -0.39 is 15.8 Å². The Labute approximate surface area is 113 Å². The molecule has 0 radical (unpaired) electrons. The maximum absolute atomic E-state index is 11.4. The van der Waals surface area contributed by atoms with Crippen LogP contribution in [0, 0.1) is 11.8 Å². The number of carboxylic acids is 1. The van der Waals surface area contributed by atoms with Crippen LogP contribution in [0.5, 0.6) is 0 Å². The van der Waals surface area contributed by atoms with E-state index in [0.29, 0.717) is 4.90 Å². The molecule has 3 atom stereocenters. The minimum Gasteiger partial charge on any atom is -0.481 e. The number of benzene rings is 1. The molecule has 3 unspecified atom stereocenters. The predicted molar refractivity (Wildman–Crippen MR) is 71.8 cm³/mol. The fourth-order valence-electron chi connectivity index (χ4n) is 2.44. The van der Waals surface area contributed by atoms with E-state index in [0.717, 1.165) is 18.4 Å². The molecule has 0 aliphatic heterocycles. The number of hydrogen-bond donors (Lipinski definition) is 1. The summed E-state index contributed by atoms with van der Waals surface area (Å²) < 4.78 is 22.7. The first-order valence-electron chi connectivity index (χ1n) is 6.32. The Kier molecular flexibility index (Phi) is 3.67. The smallest absolute Gasteiger partial charge is 0.306 e. The van der Waals surface area contributed by atoms with Gasteiger partial charge in [0.1, 0.15) is 0 Å². The van der Waals surface area contributed by atoms with Gasteiger partial charge in [-0.3, -0.25) is 4.79 Å². The molecule has 0 aromatic heterocycles. The van der Waals surface area contributed by atoms with Crippen LogP contribution in [0.25, 0.3) is 0 Å². The van der Waals surface area contributed by atoms with Crippen LogP contribution in [-0.4, -0.2) is 25.7 Å². The molecule has 19 heavy (non-hydrogen) atoms. The summed E-state index contributed by atoms with van der Waals surface area (Å²) in [6, 6.07) is 6.86. The third-order valence-electron chi connectivity index (χ3n) is 3.77. The summed E-state index contributed by atoms with van der Waals surface area (Å²) >= 11 is 0. The quantitative estimate of drug-likeness (QED) is 0.899. The van der Waals surface area contributed by atoms with Crippen molar-refractivity contribution < 1.29 is 18.3 Å². The van der Waals surface area contributed by atoms with Crippen LogP contribution >= 0.6 is 0 Å². The fourth-order valence-corrected chi connectivity index (χ4v) is 3.07. The largest absolute Gasteiger partial charge is 0.481 e. The predicted octanol–water partition coefficient (Wildman–Crippen LogP) is 2.30. The lowest BCUT2D eigenvalue weighted by molar-refractivity contribution is -0.138. The van der Waals surface area contributed by atoms with E-state index in [1.54, 1.807) is 12.1 Å². The summed E-state index contributed by atoms with van der Waals surface area (Å²) in [4.78, 5) is 11.1. The molecule has 1 saturated carbocycles. The molecule has 0 amide bonds. The molecule has 4 nitrogen and oxygen atoms in total. The van der Waals surface area contributed by atoms with Crippen molar-refractivity contribution in [2.75, 3.05) is 6.26 Å². The number of hydrogen-bond acceptors (Lipinski definition) is 3. The molecule has 1 aliphatic carbocycles. The van der Waals surface area contributed by atoms with Crippen LogP contribution in [0.1, 0.15) is 31.2 Å². The third-order valence-corrected chi connectivity index (χ3v) is 4.90. The molecule has 1 fully saturated rings. The molecular weight excluding hydrogens is 264 g/mol. The average Bonchev–Trinajstić information content (AvgIpc) is 3.07. The monoisotopic (exact) mass is 282 g/mol. The molecule has 1 N–H and O–H groups in total. The maximum Gasteiger partial charge on any atom is 0.306 e. The van der Waals surface area contributed by atoms with Gasteiger partial charge >= 0.3 is 5.97 Å². The van der Waals surface area contributed by atoms with Gasteiger partial charge in [0.15, 0.2) is 9.84 Å². The Bertz CT molecular complexity index is 574. The van der Waals surface area contributed by atoms with Gasteiger partial charge in [-0.1, -0.05) is 19.1 Å². The van der Waals surface area contributed by atoms with Crippen LogP contribution in [0.15, 0.2) is 29.2 Å². The highest BCUT2D eigenvalue weighted by Gasteiger charge is 2.43. The molecule has 2 rings (SSSR count). The molecular formula is C14H18O4S. The van der Waals surface area contributed by atoms with Crippen LogP contribution in [0.4, 0.5) is 0 Å². The summed E-state index contributed by atoms with van der Waals surface area (Å²) in [6.07, 6.45) is 2.80. The first-order valence-corrected chi connectivity index (χ1v) is 8.21. The van der Waals surface area contributed by atoms with Crippen molar-refractivity contribution in [2.24, 2.45) is 11.8 Å². The van der Waals surface area contributed by atoms with Crippen molar-refractivity contribution >= 4 is 15.8 Å². The topological polar surface area (TPSA) is 71.4 Å². The second-order valence-electron chi connectivity index (χ2n) is 5.42. The van der Waals surface area contributed by atoms with Crippen molar-refractivity contribution in [3.63, 3.8) is 0 Å². The molecule has 0 spiro atoms. The average molecular weight is 282 g/mol. The fraction of sp³-hybridized carbons (Fsp3) is 0.500. The van der Waals surface area contributed by atoms with Crippen molar-refractivity contribution in [1.82, 2.24) is 0 Å². The van der Waals surface area contributed by atoms with E-state index in [9.17, 15) is 13.2 Å². The van der Waals surface area contributed by atoms with Gasteiger partial charge in [0.25, 0.3) is 0 Å². The van der Waals surface area contributed by atoms with Crippen molar-refractivity contribution in [3.8, 4) is 0 Å². The molecule has 104 valence electrons. The van der Waals surface area contributed by atoms with Crippen LogP contribution in [-0.2, 0) is 14.6 Å². The Morgan fingerprint density at radius 3 is 2.37 bits per heavy atom. The number of carbonyl (C=O) groups is 1. The lowest BCUT2D eigenvalue weighted by atomic mass is 9.95. The molecule has 0 bridgehead atoms. The lowest BCUT2D eigenvalue weighted by Gasteiger charge is -2.11. The number of sulfone groups is 1.